The Hall–Kier alpha value is -2.00. The Labute approximate surface area is 227 Å². The van der Waals surface area contributed by atoms with Crippen LogP contribution in [-0.2, 0) is 26.2 Å². The lowest BCUT2D eigenvalue weighted by Crippen LogP contribution is -2.52. The second-order valence-electron chi connectivity index (χ2n) is 9.09. The monoisotopic (exact) mass is 573 g/mol. The van der Waals surface area contributed by atoms with Crippen molar-refractivity contribution in [3.63, 3.8) is 0 Å². The van der Waals surface area contributed by atoms with Crippen LogP contribution in [0.4, 0.5) is 5.69 Å². The van der Waals surface area contributed by atoms with Gasteiger partial charge in [0.25, 0.3) is 0 Å². The van der Waals surface area contributed by atoms with Crippen LogP contribution in [0.25, 0.3) is 0 Å². The van der Waals surface area contributed by atoms with E-state index in [0.717, 1.165) is 36.2 Å². The lowest BCUT2D eigenvalue weighted by Gasteiger charge is -2.32. The second-order valence-corrected chi connectivity index (χ2v) is 12.2. The third-order valence-electron chi connectivity index (χ3n) is 6.37. The van der Waals surface area contributed by atoms with Gasteiger partial charge in [-0.1, -0.05) is 53.7 Å². The average Bonchev–Trinajstić information content (AvgIpc) is 3.29. The molecule has 3 rings (SSSR count). The maximum atomic E-state index is 13.7. The fourth-order valence-corrected chi connectivity index (χ4v) is 5.97. The Morgan fingerprint density at radius 1 is 1.08 bits per heavy atom. The molecule has 1 aliphatic carbocycles. The van der Waals surface area contributed by atoms with Crippen LogP contribution in [0.2, 0.25) is 15.1 Å². The molecule has 1 unspecified atom stereocenters. The predicted octanol–water partition coefficient (Wildman–Crippen LogP) is 5.20. The van der Waals surface area contributed by atoms with E-state index in [4.69, 9.17) is 34.8 Å². The number of aryl methyl sites for hydroxylation is 1. The third-order valence-corrected chi connectivity index (χ3v) is 8.44. The Kier molecular flexibility index (Phi) is 9.55. The highest BCUT2D eigenvalue weighted by atomic mass is 35.5. The molecule has 196 valence electrons. The number of carbonyl (C=O) groups excluding carboxylic acids is 2. The summed E-state index contributed by atoms with van der Waals surface area (Å²) in [4.78, 5) is 28.1. The van der Waals surface area contributed by atoms with Crippen LogP contribution >= 0.6 is 34.8 Å². The van der Waals surface area contributed by atoms with Gasteiger partial charge in [-0.25, -0.2) is 8.42 Å². The molecular weight excluding hydrogens is 545 g/mol. The number of hydrogen-bond acceptors (Lipinski definition) is 4. The van der Waals surface area contributed by atoms with E-state index in [1.807, 2.05) is 0 Å². The number of amides is 2. The number of benzene rings is 2. The van der Waals surface area contributed by atoms with Crippen LogP contribution < -0.4 is 9.62 Å². The van der Waals surface area contributed by atoms with E-state index < -0.39 is 28.5 Å². The van der Waals surface area contributed by atoms with Crippen molar-refractivity contribution < 1.29 is 18.0 Å². The fourth-order valence-electron chi connectivity index (χ4n) is 4.32. The molecule has 2 aromatic carbocycles. The molecule has 7 nitrogen and oxygen atoms in total. The zero-order valence-electron chi connectivity index (χ0n) is 20.4. The van der Waals surface area contributed by atoms with Crippen LogP contribution in [-0.4, -0.2) is 50.0 Å². The van der Waals surface area contributed by atoms with Crippen LogP contribution in [0, 0.1) is 6.92 Å². The molecule has 0 bridgehead atoms. The number of sulfonamides is 1. The van der Waals surface area contributed by atoms with Gasteiger partial charge in [0, 0.05) is 33.2 Å². The smallest absolute Gasteiger partial charge is 0.244 e. The van der Waals surface area contributed by atoms with Gasteiger partial charge < -0.3 is 10.2 Å². The largest absolute Gasteiger partial charge is 0.352 e. The molecule has 36 heavy (non-hydrogen) atoms. The Bertz CT molecular complexity index is 1210. The first-order valence-corrected chi connectivity index (χ1v) is 14.6. The molecule has 0 spiro atoms. The number of rotatable bonds is 9. The molecule has 1 saturated carbocycles. The second kappa shape index (κ2) is 12.0. The lowest BCUT2D eigenvalue weighted by atomic mass is 10.1. The van der Waals surface area contributed by atoms with Gasteiger partial charge >= 0.3 is 0 Å². The molecule has 2 amide bonds. The molecule has 0 aromatic heterocycles. The normalized spacial score (nSPS) is 14.9. The molecule has 1 aliphatic rings. The Morgan fingerprint density at radius 2 is 1.69 bits per heavy atom. The number of anilines is 1. The van der Waals surface area contributed by atoms with E-state index in [0.29, 0.717) is 31.9 Å². The quantitative estimate of drug-likeness (QED) is 0.446. The minimum Gasteiger partial charge on any atom is -0.352 e. The number of nitrogens with zero attached hydrogens (tertiary/aromatic N) is 2. The van der Waals surface area contributed by atoms with E-state index in [-0.39, 0.29) is 18.5 Å². The molecule has 0 aliphatic heterocycles. The number of carbonyl (C=O) groups is 2. The summed E-state index contributed by atoms with van der Waals surface area (Å²) in [6, 6.07) is 8.89. The van der Waals surface area contributed by atoms with E-state index in [1.54, 1.807) is 50.2 Å². The molecule has 0 heterocycles. The van der Waals surface area contributed by atoms with Crippen molar-refractivity contribution in [3.05, 3.63) is 62.6 Å². The first-order valence-electron chi connectivity index (χ1n) is 11.6. The summed E-state index contributed by atoms with van der Waals surface area (Å²) in [6.45, 7) is 2.76. The van der Waals surface area contributed by atoms with E-state index >= 15 is 0 Å². The van der Waals surface area contributed by atoms with E-state index in [9.17, 15) is 18.0 Å². The summed E-state index contributed by atoms with van der Waals surface area (Å²) >= 11 is 18.8. The number of nitrogens with one attached hydrogen (secondary N) is 1. The Balaban J connectivity index is 1.95. The third kappa shape index (κ3) is 7.06. The molecular formula is C25H30Cl3N3O4S. The highest BCUT2D eigenvalue weighted by Gasteiger charge is 2.32. The zero-order chi connectivity index (χ0) is 26.6. The van der Waals surface area contributed by atoms with Crippen molar-refractivity contribution >= 4 is 62.3 Å². The van der Waals surface area contributed by atoms with E-state index in [2.05, 4.69) is 5.32 Å². The van der Waals surface area contributed by atoms with Gasteiger partial charge in [-0.3, -0.25) is 13.9 Å². The minimum atomic E-state index is -3.85. The lowest BCUT2D eigenvalue weighted by molar-refractivity contribution is -0.139. The first-order chi connectivity index (χ1) is 16.9. The molecule has 0 radical (unpaired) electrons. The molecule has 1 N–H and O–H groups in total. The van der Waals surface area contributed by atoms with Gasteiger partial charge in [-0.15, -0.1) is 0 Å². The topological polar surface area (TPSA) is 86.8 Å². The summed E-state index contributed by atoms with van der Waals surface area (Å²) in [6.07, 6.45) is 4.89. The van der Waals surface area contributed by atoms with Crippen LogP contribution in [0.3, 0.4) is 0 Å². The SMILES string of the molecule is Cc1cc(Cl)ccc1N(CC(=O)N(Cc1c(Cl)cccc1Cl)C(C)C(=O)NC1CCCC1)S(C)(=O)=O. The summed E-state index contributed by atoms with van der Waals surface area (Å²) < 4.78 is 26.5. The van der Waals surface area contributed by atoms with Crippen molar-refractivity contribution in [1.82, 2.24) is 10.2 Å². The fraction of sp³-hybridized carbons (Fsp3) is 0.440. The molecule has 1 fully saturated rings. The predicted molar refractivity (Wildman–Crippen MR) is 145 cm³/mol. The van der Waals surface area contributed by atoms with Gasteiger partial charge in [0.05, 0.1) is 11.9 Å². The van der Waals surface area contributed by atoms with Gasteiger partial charge in [-0.2, -0.15) is 0 Å². The maximum absolute atomic E-state index is 13.7. The van der Waals surface area contributed by atoms with Crippen molar-refractivity contribution in [1.29, 1.82) is 0 Å². The molecule has 1 atom stereocenters. The van der Waals surface area contributed by atoms with Gasteiger partial charge in [0.2, 0.25) is 21.8 Å². The number of hydrogen-bond donors (Lipinski definition) is 1. The van der Waals surface area contributed by atoms with Crippen LogP contribution in [0.15, 0.2) is 36.4 Å². The first kappa shape index (κ1) is 28.6. The van der Waals surface area contributed by atoms with Crippen LogP contribution in [0.1, 0.15) is 43.7 Å². The van der Waals surface area contributed by atoms with Gasteiger partial charge in [0.15, 0.2) is 0 Å². The van der Waals surface area contributed by atoms with Crippen molar-refractivity contribution in [3.8, 4) is 0 Å². The van der Waals surface area contributed by atoms with Gasteiger partial charge in [-0.05, 0) is 62.6 Å². The molecule has 2 aromatic rings. The van der Waals surface area contributed by atoms with Crippen LogP contribution in [0.5, 0.6) is 0 Å². The van der Waals surface area contributed by atoms with Crippen molar-refractivity contribution in [2.45, 2.75) is 58.2 Å². The summed E-state index contributed by atoms with van der Waals surface area (Å²) in [5, 5.41) is 4.15. The molecule has 0 saturated heterocycles. The van der Waals surface area contributed by atoms with Crippen molar-refractivity contribution in [2.75, 3.05) is 17.1 Å². The highest BCUT2D eigenvalue weighted by molar-refractivity contribution is 7.92. The Morgan fingerprint density at radius 3 is 2.25 bits per heavy atom. The van der Waals surface area contributed by atoms with E-state index in [1.165, 1.54) is 4.90 Å². The van der Waals surface area contributed by atoms with Crippen molar-refractivity contribution in [2.24, 2.45) is 0 Å². The minimum absolute atomic E-state index is 0.0602. The van der Waals surface area contributed by atoms with Gasteiger partial charge in [0.1, 0.15) is 12.6 Å². The zero-order valence-corrected chi connectivity index (χ0v) is 23.5. The molecule has 11 heteroatoms. The number of halogens is 3. The standard InChI is InChI=1S/C25H30Cl3N3O4S/c1-16-13-18(26)11-12-23(16)31(36(3,34)35)15-24(32)30(14-20-21(27)9-6-10-22(20)28)17(2)25(33)29-19-7-4-5-8-19/h6,9-13,17,19H,4-5,7-8,14-15H2,1-3H3,(H,29,33). The summed E-state index contributed by atoms with van der Waals surface area (Å²) in [5.74, 6) is -0.883. The average molecular weight is 575 g/mol. The summed E-state index contributed by atoms with van der Waals surface area (Å²) in [5.41, 5.74) is 1.39. The maximum Gasteiger partial charge on any atom is 0.244 e. The highest BCUT2D eigenvalue weighted by Crippen LogP contribution is 2.29. The summed E-state index contributed by atoms with van der Waals surface area (Å²) in [7, 11) is -3.85.